The van der Waals surface area contributed by atoms with Gasteiger partial charge in [-0.2, -0.15) is 0 Å². The molecule has 55 heavy (non-hydrogen) atoms. The molecule has 0 aromatic heterocycles. The fourth-order valence-electron chi connectivity index (χ4n) is 9.62. The van der Waals surface area contributed by atoms with Gasteiger partial charge >= 0.3 is 17.9 Å². The summed E-state index contributed by atoms with van der Waals surface area (Å²) < 4.78 is 22.5. The minimum atomic E-state index is -2.26. The van der Waals surface area contributed by atoms with Crippen LogP contribution in [0.2, 0.25) is 18.1 Å². The highest BCUT2D eigenvalue weighted by Gasteiger charge is 2.64. The van der Waals surface area contributed by atoms with E-state index in [2.05, 4.69) is 70.8 Å². The van der Waals surface area contributed by atoms with Crippen LogP contribution in [0.1, 0.15) is 87.5 Å². The molecule has 0 aromatic rings. The monoisotopic (exact) mass is 785 g/mol. The predicted molar refractivity (Wildman–Crippen MR) is 208 cm³/mol. The van der Waals surface area contributed by atoms with Crippen LogP contribution in [0, 0.1) is 45.8 Å². The molecule has 0 radical (unpaired) electrons. The van der Waals surface area contributed by atoms with Gasteiger partial charge in [0.2, 0.25) is 0 Å². The van der Waals surface area contributed by atoms with Gasteiger partial charge in [0, 0.05) is 41.5 Å². The van der Waals surface area contributed by atoms with Crippen molar-refractivity contribution in [3.05, 3.63) is 36.0 Å². The Bertz CT molecular complexity index is 1620. The third kappa shape index (κ3) is 9.25. The summed E-state index contributed by atoms with van der Waals surface area (Å²) >= 11 is 0. The zero-order valence-electron chi connectivity index (χ0n) is 34.6. The van der Waals surface area contributed by atoms with E-state index in [-0.39, 0.29) is 82.7 Å². The fraction of sp³-hybridized carbons (Fsp3) is 0.714. The van der Waals surface area contributed by atoms with Crippen molar-refractivity contribution in [1.29, 1.82) is 0 Å². The molecule has 9 atom stereocenters. The molecule has 4 aliphatic rings. The molecule has 4 rings (SSSR count). The molecule has 0 heterocycles. The van der Waals surface area contributed by atoms with Crippen LogP contribution in [0.5, 0.6) is 0 Å². The van der Waals surface area contributed by atoms with Gasteiger partial charge in [-0.05, 0) is 85.1 Å². The van der Waals surface area contributed by atoms with Crippen LogP contribution in [0.15, 0.2) is 36.0 Å². The molecule has 0 unspecified atom stereocenters. The van der Waals surface area contributed by atoms with Crippen molar-refractivity contribution in [1.82, 2.24) is 5.32 Å². The molecular formula is C42H63NO11Si. The number of carbonyl (C=O) groups is 6. The summed E-state index contributed by atoms with van der Waals surface area (Å²) in [7, 11) is -1.11. The Balaban J connectivity index is 1.44. The predicted octanol–water partition coefficient (Wildman–Crippen LogP) is 5.43. The van der Waals surface area contributed by atoms with E-state index >= 15 is 0 Å². The van der Waals surface area contributed by atoms with Gasteiger partial charge in [0.05, 0.1) is 20.1 Å². The number of aliphatic hydroxyl groups excluding tert-OH is 1. The van der Waals surface area contributed by atoms with Gasteiger partial charge in [-0.25, -0.2) is 9.59 Å². The number of aliphatic hydroxyl groups is 1. The normalized spacial score (nSPS) is 31.1. The first-order chi connectivity index (χ1) is 25.4. The molecule has 4 aliphatic carbocycles. The van der Waals surface area contributed by atoms with Gasteiger partial charge in [0.1, 0.15) is 6.61 Å². The highest BCUT2D eigenvalue weighted by atomic mass is 28.4. The summed E-state index contributed by atoms with van der Waals surface area (Å²) in [6.45, 7) is 20.0. The topological polar surface area (TPSA) is 172 Å². The fourth-order valence-corrected chi connectivity index (χ4v) is 11.0. The maximum atomic E-state index is 14.0. The van der Waals surface area contributed by atoms with E-state index in [1.807, 2.05) is 6.08 Å². The Kier molecular flexibility index (Phi) is 13.4. The van der Waals surface area contributed by atoms with Crippen molar-refractivity contribution in [3.63, 3.8) is 0 Å². The van der Waals surface area contributed by atoms with E-state index in [4.69, 9.17) is 13.9 Å². The molecule has 0 spiro atoms. The summed E-state index contributed by atoms with van der Waals surface area (Å²) in [4.78, 5) is 76.1. The number of nitrogens with one attached hydrogen (secondary N) is 1. The van der Waals surface area contributed by atoms with Crippen molar-refractivity contribution >= 4 is 43.7 Å². The van der Waals surface area contributed by atoms with Crippen LogP contribution in [-0.4, -0.2) is 87.9 Å². The summed E-state index contributed by atoms with van der Waals surface area (Å²) in [5.41, 5.74) is -0.694. The van der Waals surface area contributed by atoms with Crippen molar-refractivity contribution < 1.29 is 52.5 Å². The standard InChI is InChI=1S/C42H63NO11Si/c1-25-20-27-28-12-13-29(42(28,8)22-32(54-55(10,11)39(2,3)4)36(27)41(7)18-16-26(45)21-30(25)41)31(46)23-52-34(48)17-19-43-38(50)37(40(5,6)24-44)53-35(49)15-14-33(47)51-9/h14-16,18,21,25,27-29,32,36-37,44H,12-13,17,19-20,22-24H2,1-11H3,(H,43,50)/b15-14+/t25-,27-,28-,29+,32-,36+,37-,41-,42-/m0/s1. The number of fused-ring (bicyclic) bond motifs is 5. The van der Waals surface area contributed by atoms with Crippen LogP contribution in [0.4, 0.5) is 0 Å². The van der Waals surface area contributed by atoms with E-state index in [0.717, 1.165) is 32.1 Å². The molecule has 13 heteroatoms. The van der Waals surface area contributed by atoms with Gasteiger partial charge in [-0.3, -0.25) is 19.2 Å². The molecule has 0 aromatic carbocycles. The van der Waals surface area contributed by atoms with Crippen LogP contribution >= 0.6 is 0 Å². The van der Waals surface area contributed by atoms with Crippen molar-refractivity contribution in [2.45, 2.75) is 118 Å². The largest absolute Gasteiger partial charge is 0.466 e. The van der Waals surface area contributed by atoms with Gasteiger partial charge in [0.25, 0.3) is 5.91 Å². The zero-order chi connectivity index (χ0) is 41.3. The summed E-state index contributed by atoms with van der Waals surface area (Å²) in [5, 5.41) is 12.4. The number of amides is 1. The van der Waals surface area contributed by atoms with Crippen molar-refractivity contribution in [3.8, 4) is 0 Å². The maximum Gasteiger partial charge on any atom is 0.331 e. The first-order valence-corrected chi connectivity index (χ1v) is 22.5. The molecule has 1 amide bonds. The van der Waals surface area contributed by atoms with Crippen LogP contribution in [0.25, 0.3) is 0 Å². The summed E-state index contributed by atoms with van der Waals surface area (Å²) in [6.07, 6.45) is 8.76. The first kappa shape index (κ1) is 44.3. The van der Waals surface area contributed by atoms with Gasteiger partial charge in [0.15, 0.2) is 26.0 Å². The second-order valence-corrected chi connectivity index (χ2v) is 23.6. The molecule has 0 aliphatic heterocycles. The zero-order valence-corrected chi connectivity index (χ0v) is 35.6. The highest BCUT2D eigenvalue weighted by Crippen LogP contribution is 2.68. The van der Waals surface area contributed by atoms with Crippen LogP contribution < -0.4 is 5.32 Å². The number of ketones is 2. The number of Topliss-reactive ketones (excluding diaryl/α,β-unsaturated/α-hetero) is 1. The number of hydrogen-bond acceptors (Lipinski definition) is 11. The quantitative estimate of drug-likeness (QED) is 0.0996. The Labute approximate surface area is 327 Å². The number of allylic oxidation sites excluding steroid dienone is 4. The Hall–Kier alpha value is -3.42. The lowest BCUT2D eigenvalue weighted by Crippen LogP contribution is -2.60. The summed E-state index contributed by atoms with van der Waals surface area (Å²) in [5.74, 6) is -2.66. The number of carbonyl (C=O) groups excluding carboxylic acids is 6. The molecular weight excluding hydrogens is 723 g/mol. The van der Waals surface area contributed by atoms with Crippen molar-refractivity contribution in [2.24, 2.45) is 45.8 Å². The molecule has 306 valence electrons. The number of methoxy groups -OCH3 is 1. The molecule has 12 nitrogen and oxygen atoms in total. The number of esters is 3. The average Bonchev–Trinajstić information content (AvgIpc) is 3.45. The summed E-state index contributed by atoms with van der Waals surface area (Å²) in [6, 6.07) is 0. The van der Waals surface area contributed by atoms with Gasteiger partial charge < -0.3 is 29.1 Å². The second-order valence-electron chi connectivity index (χ2n) is 18.8. The van der Waals surface area contributed by atoms with E-state index in [1.165, 1.54) is 19.4 Å². The Morgan fingerprint density at radius 2 is 1.71 bits per heavy atom. The average molecular weight is 786 g/mol. The minimum absolute atomic E-state index is 0.0256. The first-order valence-electron chi connectivity index (χ1n) is 19.6. The maximum absolute atomic E-state index is 14.0. The van der Waals surface area contributed by atoms with E-state index in [1.54, 1.807) is 6.08 Å². The number of hydrogen-bond donors (Lipinski definition) is 2. The lowest BCUT2D eigenvalue weighted by molar-refractivity contribution is -0.161. The van der Waals surface area contributed by atoms with E-state index in [0.29, 0.717) is 12.8 Å². The number of ether oxygens (including phenoxy) is 3. The molecule has 0 saturated heterocycles. The van der Waals surface area contributed by atoms with Crippen LogP contribution in [0.3, 0.4) is 0 Å². The lowest BCUT2D eigenvalue weighted by Gasteiger charge is -2.62. The Morgan fingerprint density at radius 3 is 2.33 bits per heavy atom. The SMILES string of the molecule is COC(=O)/C=C/C(=O)O[C@@H](C(=O)NCCC(=O)OCC(=O)[C@H]1CC[C@H]2[C@@H]3C[C@H](C)C4=CC(=O)C=C[C@]4(C)[C@H]3[C@@H](O[Si](C)(C)C(C)(C)C)C[C@]12C)C(C)(C)CO. The smallest absolute Gasteiger partial charge is 0.331 e. The van der Waals surface area contributed by atoms with E-state index in [9.17, 15) is 33.9 Å². The number of rotatable bonds is 14. The second kappa shape index (κ2) is 16.6. The molecule has 3 fully saturated rings. The van der Waals surface area contributed by atoms with Gasteiger partial charge in [-0.1, -0.05) is 67.0 Å². The minimum Gasteiger partial charge on any atom is -0.466 e. The van der Waals surface area contributed by atoms with E-state index < -0.39 is 50.3 Å². The highest BCUT2D eigenvalue weighted by molar-refractivity contribution is 6.74. The Morgan fingerprint density at radius 1 is 1.05 bits per heavy atom. The van der Waals surface area contributed by atoms with Gasteiger partial charge in [-0.15, -0.1) is 0 Å². The third-order valence-corrected chi connectivity index (χ3v) is 18.1. The lowest BCUT2D eigenvalue weighted by atomic mass is 9.45. The van der Waals surface area contributed by atoms with Crippen LogP contribution in [-0.2, 0) is 47.4 Å². The molecule has 0 bridgehead atoms. The molecule has 2 N–H and O–H groups in total. The third-order valence-electron chi connectivity index (χ3n) is 13.6. The molecule has 3 saturated carbocycles. The van der Waals surface area contributed by atoms with Crippen molar-refractivity contribution in [2.75, 3.05) is 26.9 Å².